The first-order chi connectivity index (χ1) is 8.59. The summed E-state index contributed by atoms with van der Waals surface area (Å²) in [7, 11) is 0. The first-order valence-corrected chi connectivity index (χ1v) is 5.91. The van der Waals surface area contributed by atoms with Crippen LogP contribution in [0.2, 0.25) is 0 Å². The van der Waals surface area contributed by atoms with E-state index in [-0.39, 0.29) is 11.7 Å². The van der Waals surface area contributed by atoms with Gasteiger partial charge in [-0.3, -0.25) is 4.79 Å². The number of carbonyl (C=O) groups is 1. The Kier molecular flexibility index (Phi) is 3.93. The molecule has 1 saturated heterocycles. The van der Waals surface area contributed by atoms with E-state index in [2.05, 4.69) is 5.32 Å². The average molecular weight is 253 g/mol. The highest BCUT2D eigenvalue weighted by atomic mass is 19.1. The van der Waals surface area contributed by atoms with Crippen molar-refractivity contribution in [3.63, 3.8) is 0 Å². The summed E-state index contributed by atoms with van der Waals surface area (Å²) in [5.74, 6) is -1.18. The van der Waals surface area contributed by atoms with Crippen molar-refractivity contribution >= 4 is 5.91 Å². The van der Waals surface area contributed by atoms with E-state index in [0.717, 1.165) is 0 Å². The Morgan fingerprint density at radius 1 is 1.33 bits per heavy atom. The average Bonchev–Trinajstić information content (AvgIpc) is 2.77. The lowest BCUT2D eigenvalue weighted by Crippen LogP contribution is -2.33. The lowest BCUT2D eigenvalue weighted by atomic mass is 10.2. The highest BCUT2D eigenvalue weighted by Gasteiger charge is 2.30. The van der Waals surface area contributed by atoms with Gasteiger partial charge in [-0.15, -0.1) is 0 Å². The van der Waals surface area contributed by atoms with E-state index in [0.29, 0.717) is 31.7 Å². The summed E-state index contributed by atoms with van der Waals surface area (Å²) in [5, 5.41) is 2.75. The highest BCUT2D eigenvalue weighted by molar-refractivity contribution is 5.94. The number of nitrogens with one attached hydrogen (secondary N) is 1. The smallest absolute Gasteiger partial charge is 0.251 e. The Balaban J connectivity index is 1.79. The molecule has 0 saturated carbocycles. The molecule has 0 unspecified atom stereocenters. The van der Waals surface area contributed by atoms with Crippen LogP contribution in [-0.2, 0) is 9.47 Å². The zero-order valence-corrected chi connectivity index (χ0v) is 10.2. The molecule has 98 valence electrons. The predicted molar refractivity (Wildman–Crippen MR) is 63.7 cm³/mol. The number of ether oxygens (including phenoxy) is 2. The maximum Gasteiger partial charge on any atom is 0.251 e. The zero-order valence-electron chi connectivity index (χ0n) is 10.2. The number of rotatable bonds is 4. The van der Waals surface area contributed by atoms with E-state index in [9.17, 15) is 9.18 Å². The molecule has 1 N–H and O–H groups in total. The molecular formula is C13H16FNO3. The first kappa shape index (κ1) is 13.0. The van der Waals surface area contributed by atoms with Gasteiger partial charge in [0.05, 0.1) is 13.2 Å². The van der Waals surface area contributed by atoms with Crippen molar-refractivity contribution in [3.8, 4) is 0 Å². The van der Waals surface area contributed by atoms with Gasteiger partial charge in [-0.2, -0.15) is 0 Å². The fourth-order valence-electron chi connectivity index (χ4n) is 1.81. The van der Waals surface area contributed by atoms with Crippen LogP contribution < -0.4 is 5.32 Å². The molecule has 0 spiro atoms. The summed E-state index contributed by atoms with van der Waals surface area (Å²) >= 11 is 0. The van der Waals surface area contributed by atoms with E-state index in [1.165, 1.54) is 24.3 Å². The van der Waals surface area contributed by atoms with Crippen LogP contribution in [0.1, 0.15) is 23.7 Å². The Hall–Kier alpha value is -1.46. The standard InChI is InChI=1S/C13H16FNO3/c1-13(17-8-9-18-13)6-7-15-12(16)10-2-4-11(14)5-3-10/h2-5H,6-9H2,1H3,(H,15,16). The van der Waals surface area contributed by atoms with Crippen LogP contribution >= 0.6 is 0 Å². The highest BCUT2D eigenvalue weighted by Crippen LogP contribution is 2.21. The van der Waals surface area contributed by atoms with Gasteiger partial charge in [-0.25, -0.2) is 4.39 Å². The number of benzene rings is 1. The zero-order chi connectivity index (χ0) is 13.0. The molecule has 1 aromatic carbocycles. The molecule has 0 radical (unpaired) electrons. The number of amides is 1. The van der Waals surface area contributed by atoms with Gasteiger partial charge in [0.25, 0.3) is 5.91 Å². The number of hydrogen-bond donors (Lipinski definition) is 1. The molecule has 18 heavy (non-hydrogen) atoms. The van der Waals surface area contributed by atoms with Gasteiger partial charge in [0.15, 0.2) is 5.79 Å². The molecule has 4 nitrogen and oxygen atoms in total. The van der Waals surface area contributed by atoms with Gasteiger partial charge in [0.1, 0.15) is 5.82 Å². The number of hydrogen-bond acceptors (Lipinski definition) is 3. The third-order valence-corrected chi connectivity index (χ3v) is 2.87. The van der Waals surface area contributed by atoms with Crippen molar-refractivity contribution in [3.05, 3.63) is 35.6 Å². The molecule has 1 aliphatic rings. The van der Waals surface area contributed by atoms with E-state index in [4.69, 9.17) is 9.47 Å². The first-order valence-electron chi connectivity index (χ1n) is 5.91. The van der Waals surface area contributed by atoms with E-state index >= 15 is 0 Å². The van der Waals surface area contributed by atoms with Crippen LogP contribution in [-0.4, -0.2) is 31.5 Å². The summed E-state index contributed by atoms with van der Waals surface area (Å²) in [6.45, 7) is 3.47. The van der Waals surface area contributed by atoms with Crippen molar-refractivity contribution < 1.29 is 18.7 Å². The molecule has 1 aliphatic heterocycles. The second kappa shape index (κ2) is 5.46. The van der Waals surface area contributed by atoms with Crippen molar-refractivity contribution in [2.75, 3.05) is 19.8 Å². The van der Waals surface area contributed by atoms with Crippen LogP contribution in [0.15, 0.2) is 24.3 Å². The normalized spacial score (nSPS) is 17.7. The summed E-state index contributed by atoms with van der Waals surface area (Å²) in [5.41, 5.74) is 0.440. The molecule has 1 amide bonds. The van der Waals surface area contributed by atoms with Crippen LogP contribution in [0.25, 0.3) is 0 Å². The predicted octanol–water partition coefficient (Wildman–Crippen LogP) is 1.71. The third-order valence-electron chi connectivity index (χ3n) is 2.87. The minimum Gasteiger partial charge on any atom is -0.352 e. The quantitative estimate of drug-likeness (QED) is 0.888. The third kappa shape index (κ3) is 3.27. The van der Waals surface area contributed by atoms with Gasteiger partial charge in [-0.1, -0.05) is 0 Å². The van der Waals surface area contributed by atoms with Crippen LogP contribution in [0, 0.1) is 5.82 Å². The minimum atomic E-state index is -0.601. The van der Waals surface area contributed by atoms with Gasteiger partial charge in [-0.05, 0) is 31.2 Å². The summed E-state index contributed by atoms with van der Waals surface area (Å²) in [4.78, 5) is 11.7. The molecule has 2 rings (SSSR count). The Morgan fingerprint density at radius 2 is 1.94 bits per heavy atom. The van der Waals surface area contributed by atoms with Gasteiger partial charge < -0.3 is 14.8 Å². The van der Waals surface area contributed by atoms with Gasteiger partial charge >= 0.3 is 0 Å². The van der Waals surface area contributed by atoms with E-state index < -0.39 is 5.79 Å². The molecule has 0 aromatic heterocycles. The number of halogens is 1. The van der Waals surface area contributed by atoms with Crippen molar-refractivity contribution in [1.82, 2.24) is 5.32 Å². The molecule has 1 aromatic rings. The fraction of sp³-hybridized carbons (Fsp3) is 0.462. The SMILES string of the molecule is CC1(CCNC(=O)c2ccc(F)cc2)OCCO1. The summed E-state index contributed by atoms with van der Waals surface area (Å²) in [6.07, 6.45) is 0.583. The maximum atomic E-state index is 12.7. The minimum absolute atomic E-state index is 0.225. The largest absolute Gasteiger partial charge is 0.352 e. The van der Waals surface area contributed by atoms with E-state index in [1.54, 1.807) is 0 Å². The van der Waals surface area contributed by atoms with Crippen LogP contribution in [0.5, 0.6) is 0 Å². The van der Waals surface area contributed by atoms with Crippen molar-refractivity contribution in [1.29, 1.82) is 0 Å². The molecule has 0 bridgehead atoms. The second-order valence-electron chi connectivity index (χ2n) is 4.34. The lowest BCUT2D eigenvalue weighted by Gasteiger charge is -2.22. The molecule has 0 aliphatic carbocycles. The Bertz CT molecular complexity index is 413. The van der Waals surface area contributed by atoms with Crippen LogP contribution in [0.4, 0.5) is 4.39 Å². The van der Waals surface area contributed by atoms with Crippen molar-refractivity contribution in [2.45, 2.75) is 19.1 Å². The molecule has 1 heterocycles. The lowest BCUT2D eigenvalue weighted by molar-refractivity contribution is -0.145. The number of carbonyl (C=O) groups excluding carboxylic acids is 1. The monoisotopic (exact) mass is 253 g/mol. The van der Waals surface area contributed by atoms with Gasteiger partial charge in [0.2, 0.25) is 0 Å². The topological polar surface area (TPSA) is 47.6 Å². The second-order valence-corrected chi connectivity index (χ2v) is 4.34. The molecular weight excluding hydrogens is 237 g/mol. The molecule has 5 heteroatoms. The van der Waals surface area contributed by atoms with Gasteiger partial charge in [0, 0.05) is 18.5 Å². The van der Waals surface area contributed by atoms with Crippen molar-refractivity contribution in [2.24, 2.45) is 0 Å². The summed E-state index contributed by atoms with van der Waals surface area (Å²) in [6, 6.07) is 5.43. The summed E-state index contributed by atoms with van der Waals surface area (Å²) < 4.78 is 23.5. The fourth-order valence-corrected chi connectivity index (χ4v) is 1.81. The molecule has 0 atom stereocenters. The van der Waals surface area contributed by atoms with E-state index in [1.807, 2.05) is 6.92 Å². The Morgan fingerprint density at radius 3 is 2.56 bits per heavy atom. The van der Waals surface area contributed by atoms with Crippen LogP contribution in [0.3, 0.4) is 0 Å². The molecule has 1 fully saturated rings. The maximum absolute atomic E-state index is 12.7. The Labute approximate surface area is 105 Å².